The molecule has 0 saturated carbocycles. The Bertz CT molecular complexity index is 228. The third-order valence-electron chi connectivity index (χ3n) is 1.49. The average Bonchev–Trinajstić information content (AvgIpc) is 2.31. The number of ether oxygens (including phenoxy) is 1. The first-order valence-electron chi connectivity index (χ1n) is 5.30. The minimum absolute atomic E-state index is 0.383. The van der Waals surface area contributed by atoms with Crippen molar-refractivity contribution in [1.82, 2.24) is 0 Å². The molecule has 0 aromatic rings. The summed E-state index contributed by atoms with van der Waals surface area (Å²) in [6.07, 6.45) is 13.7. The van der Waals surface area contributed by atoms with Crippen LogP contribution in [0, 0.1) is 12.3 Å². The summed E-state index contributed by atoms with van der Waals surface area (Å²) in [6, 6.07) is 0. The zero-order valence-corrected chi connectivity index (χ0v) is 10.1. The van der Waals surface area contributed by atoms with Gasteiger partial charge in [0, 0.05) is 0 Å². The van der Waals surface area contributed by atoms with Crippen molar-refractivity contribution < 1.29 is 4.74 Å². The third kappa shape index (κ3) is 12.7. The molecule has 15 heavy (non-hydrogen) atoms. The molecule has 1 heteroatoms. The topological polar surface area (TPSA) is 9.23 Å². The predicted molar refractivity (Wildman–Crippen MR) is 68.7 cm³/mol. The van der Waals surface area contributed by atoms with Gasteiger partial charge in [-0.2, -0.15) is 0 Å². The Labute approximate surface area is 94.5 Å². The molecule has 0 N–H and O–H groups in total. The van der Waals surface area contributed by atoms with E-state index < -0.39 is 0 Å². The molecular weight excluding hydrogens is 184 g/mol. The molecule has 84 valence electrons. The minimum Gasteiger partial charge on any atom is -0.368 e. The number of allylic oxidation sites excluding steroid dienone is 4. The van der Waals surface area contributed by atoms with Crippen LogP contribution >= 0.6 is 0 Å². The molecule has 0 aliphatic carbocycles. The molecule has 1 nitrogen and oxygen atoms in total. The van der Waals surface area contributed by atoms with Crippen LogP contribution in [-0.4, -0.2) is 13.2 Å². The molecule has 0 amide bonds. The smallest absolute Gasteiger partial charge is 0.107 e. The monoisotopic (exact) mass is 206 g/mol. The molecule has 0 unspecified atom stereocenters. The van der Waals surface area contributed by atoms with E-state index in [0.717, 1.165) is 12.0 Å². The normalized spacial score (nSPS) is 10.4. The van der Waals surface area contributed by atoms with Crippen LogP contribution in [0.3, 0.4) is 0 Å². The van der Waals surface area contributed by atoms with Crippen molar-refractivity contribution in [2.45, 2.75) is 27.2 Å². The van der Waals surface area contributed by atoms with Crippen molar-refractivity contribution in [2.75, 3.05) is 13.2 Å². The molecule has 0 saturated heterocycles. The Morgan fingerprint density at radius 1 is 1.47 bits per heavy atom. The SMILES string of the molecule is C#CCOCC/C(C=C)=C/C=C\C.CC. The van der Waals surface area contributed by atoms with Crippen molar-refractivity contribution in [2.24, 2.45) is 0 Å². The van der Waals surface area contributed by atoms with Crippen molar-refractivity contribution in [3.8, 4) is 12.3 Å². The van der Waals surface area contributed by atoms with E-state index in [-0.39, 0.29) is 0 Å². The largest absolute Gasteiger partial charge is 0.368 e. The van der Waals surface area contributed by atoms with Crippen LogP contribution in [0.4, 0.5) is 0 Å². The summed E-state index contributed by atoms with van der Waals surface area (Å²) in [5.74, 6) is 2.42. The lowest BCUT2D eigenvalue weighted by Crippen LogP contribution is -1.95. The summed E-state index contributed by atoms with van der Waals surface area (Å²) in [7, 11) is 0. The van der Waals surface area contributed by atoms with Crippen LogP contribution in [0.1, 0.15) is 27.2 Å². The summed E-state index contributed by atoms with van der Waals surface area (Å²) in [4.78, 5) is 0. The fourth-order valence-corrected chi connectivity index (χ4v) is 0.794. The van der Waals surface area contributed by atoms with E-state index >= 15 is 0 Å². The van der Waals surface area contributed by atoms with Gasteiger partial charge in [-0.25, -0.2) is 0 Å². The maximum absolute atomic E-state index is 5.15. The lowest BCUT2D eigenvalue weighted by atomic mass is 10.2. The van der Waals surface area contributed by atoms with E-state index in [1.807, 2.05) is 45.1 Å². The molecule has 0 atom stereocenters. The highest BCUT2D eigenvalue weighted by molar-refractivity contribution is 5.21. The average molecular weight is 206 g/mol. The molecule has 0 aliphatic rings. The molecule has 0 rings (SSSR count). The molecule has 0 fully saturated rings. The standard InChI is InChI=1S/C12H16O.C2H6/c1-4-7-8-12(6-3)9-11-13-10-5-2;1-2/h2,4,6-8H,3,9-11H2,1H3;1-2H3/b7-4-,12-8+;. The number of hydrogen-bond acceptors (Lipinski definition) is 1. The van der Waals surface area contributed by atoms with Gasteiger partial charge in [0.2, 0.25) is 0 Å². The fraction of sp³-hybridized carbons (Fsp3) is 0.429. The summed E-state index contributed by atoms with van der Waals surface area (Å²) in [5.41, 5.74) is 1.16. The number of terminal acetylenes is 1. The molecule has 0 bridgehead atoms. The first-order valence-corrected chi connectivity index (χ1v) is 5.30. The molecule has 0 radical (unpaired) electrons. The van der Waals surface area contributed by atoms with Gasteiger partial charge in [-0.3, -0.25) is 0 Å². The zero-order valence-electron chi connectivity index (χ0n) is 10.1. The van der Waals surface area contributed by atoms with E-state index in [4.69, 9.17) is 11.2 Å². The van der Waals surface area contributed by atoms with Gasteiger partial charge in [0.15, 0.2) is 0 Å². The van der Waals surface area contributed by atoms with Crippen molar-refractivity contribution in [1.29, 1.82) is 0 Å². The highest BCUT2D eigenvalue weighted by Crippen LogP contribution is 2.02. The third-order valence-corrected chi connectivity index (χ3v) is 1.49. The molecule has 0 aromatic carbocycles. The van der Waals surface area contributed by atoms with Gasteiger partial charge in [0.25, 0.3) is 0 Å². The van der Waals surface area contributed by atoms with Crippen LogP contribution in [0.2, 0.25) is 0 Å². The van der Waals surface area contributed by atoms with E-state index in [9.17, 15) is 0 Å². The number of rotatable bonds is 6. The molecule has 0 aromatic heterocycles. The zero-order chi connectivity index (χ0) is 11.9. The fourth-order valence-electron chi connectivity index (χ4n) is 0.794. The molecule has 0 spiro atoms. The maximum Gasteiger partial charge on any atom is 0.107 e. The Morgan fingerprint density at radius 2 is 2.13 bits per heavy atom. The highest BCUT2D eigenvalue weighted by atomic mass is 16.5. The lowest BCUT2D eigenvalue weighted by molar-refractivity contribution is 0.171. The Balaban J connectivity index is 0. The van der Waals surface area contributed by atoms with Crippen LogP contribution in [0.5, 0.6) is 0 Å². The summed E-state index contributed by atoms with van der Waals surface area (Å²) in [6.45, 7) is 10.7. The second-order valence-corrected chi connectivity index (χ2v) is 2.48. The van der Waals surface area contributed by atoms with Crippen molar-refractivity contribution >= 4 is 0 Å². The van der Waals surface area contributed by atoms with Crippen molar-refractivity contribution in [3.05, 3.63) is 36.5 Å². The van der Waals surface area contributed by atoms with Gasteiger partial charge in [-0.1, -0.05) is 50.7 Å². The van der Waals surface area contributed by atoms with E-state index in [1.165, 1.54) is 0 Å². The predicted octanol–water partition coefficient (Wildman–Crippen LogP) is 3.74. The van der Waals surface area contributed by atoms with Crippen LogP contribution in [0.15, 0.2) is 36.5 Å². The van der Waals surface area contributed by atoms with E-state index in [2.05, 4.69) is 12.5 Å². The van der Waals surface area contributed by atoms with Gasteiger partial charge in [-0.15, -0.1) is 6.42 Å². The summed E-state index contributed by atoms with van der Waals surface area (Å²) in [5, 5.41) is 0. The Morgan fingerprint density at radius 3 is 2.60 bits per heavy atom. The first-order chi connectivity index (χ1) is 7.35. The van der Waals surface area contributed by atoms with Gasteiger partial charge in [0.1, 0.15) is 6.61 Å². The lowest BCUT2D eigenvalue weighted by Gasteiger charge is -2.00. The molecule has 0 aliphatic heterocycles. The van der Waals surface area contributed by atoms with E-state index in [0.29, 0.717) is 13.2 Å². The Kier molecular flexibility index (Phi) is 16.4. The first kappa shape index (κ1) is 16.2. The van der Waals surface area contributed by atoms with Gasteiger partial charge >= 0.3 is 0 Å². The van der Waals surface area contributed by atoms with Crippen molar-refractivity contribution in [3.63, 3.8) is 0 Å². The highest BCUT2D eigenvalue weighted by Gasteiger charge is 1.90. The number of hydrogen-bond donors (Lipinski definition) is 0. The Hall–Kier alpha value is -1.26. The quantitative estimate of drug-likeness (QED) is 0.365. The summed E-state index contributed by atoms with van der Waals surface area (Å²) < 4.78 is 5.15. The van der Waals surface area contributed by atoms with Gasteiger partial charge < -0.3 is 4.74 Å². The molecule has 0 heterocycles. The van der Waals surface area contributed by atoms with Gasteiger partial charge in [0.05, 0.1) is 6.61 Å². The van der Waals surface area contributed by atoms with Gasteiger partial charge in [-0.05, 0) is 18.9 Å². The molecular formula is C14H22O. The van der Waals surface area contributed by atoms with Crippen LogP contribution in [0.25, 0.3) is 0 Å². The second kappa shape index (κ2) is 15.2. The van der Waals surface area contributed by atoms with Crippen LogP contribution in [-0.2, 0) is 4.74 Å². The van der Waals surface area contributed by atoms with Crippen LogP contribution < -0.4 is 0 Å². The van der Waals surface area contributed by atoms with E-state index in [1.54, 1.807) is 0 Å². The summed E-state index contributed by atoms with van der Waals surface area (Å²) >= 11 is 0. The maximum atomic E-state index is 5.15. The second-order valence-electron chi connectivity index (χ2n) is 2.48. The minimum atomic E-state index is 0.383.